The van der Waals surface area contributed by atoms with Gasteiger partial charge in [0, 0.05) is 28.7 Å². The number of amides is 1. The zero-order valence-electron chi connectivity index (χ0n) is 36.1. The predicted molar refractivity (Wildman–Crippen MR) is 248 cm³/mol. The second-order valence-corrected chi connectivity index (χ2v) is 16.4. The van der Waals surface area contributed by atoms with Gasteiger partial charge in [-0.25, -0.2) is 24.7 Å². The Labute approximate surface area is 400 Å². The van der Waals surface area contributed by atoms with Crippen molar-refractivity contribution in [2.75, 3.05) is 13.1 Å². The number of hydrogen-bond acceptors (Lipinski definition) is 16. The molecule has 2 aliphatic heterocycles. The van der Waals surface area contributed by atoms with Crippen LogP contribution in [0.25, 0.3) is 43.2 Å². The molecule has 2 aromatic carbocycles. The summed E-state index contributed by atoms with van der Waals surface area (Å²) in [7, 11) is 0. The van der Waals surface area contributed by atoms with E-state index in [1.54, 1.807) is 54.8 Å². The molecule has 0 spiro atoms. The number of aromatic nitrogens is 8. The first-order chi connectivity index (χ1) is 32.8. The van der Waals surface area contributed by atoms with Crippen LogP contribution in [-0.2, 0) is 30.2 Å². The van der Waals surface area contributed by atoms with Gasteiger partial charge in [-0.2, -0.15) is 5.26 Å². The Morgan fingerprint density at radius 3 is 1.85 bits per heavy atom. The number of aromatic amines is 2. The van der Waals surface area contributed by atoms with Crippen LogP contribution in [0.5, 0.6) is 0 Å². The minimum atomic E-state index is -0.905. The molecule has 4 aromatic heterocycles. The van der Waals surface area contributed by atoms with Crippen LogP contribution in [0.1, 0.15) is 53.4 Å². The second-order valence-electron chi connectivity index (χ2n) is 14.3. The van der Waals surface area contributed by atoms with Gasteiger partial charge < -0.3 is 29.3 Å². The Morgan fingerprint density at radius 1 is 0.853 bits per heavy atom. The second kappa shape index (κ2) is 24.9. The molecule has 0 aliphatic carbocycles. The van der Waals surface area contributed by atoms with Crippen LogP contribution in [0.3, 0.4) is 0 Å². The summed E-state index contributed by atoms with van der Waals surface area (Å²) in [6.07, 6.45) is 0.463. The number of hydrogen-bond donors (Lipinski definition) is 3. The van der Waals surface area contributed by atoms with E-state index in [0.29, 0.717) is 34.9 Å². The average Bonchev–Trinajstić information content (AvgIpc) is 4.09. The van der Waals surface area contributed by atoms with E-state index in [0.717, 1.165) is 5.56 Å². The number of imidazole rings is 2. The number of ether oxygens (including phenoxy) is 3. The fourth-order valence-corrected chi connectivity index (χ4v) is 7.96. The number of esters is 1. The maximum atomic E-state index is 12.6. The number of nitriles is 1. The van der Waals surface area contributed by atoms with Crippen molar-refractivity contribution in [1.82, 2.24) is 39.0 Å². The standard InChI is InChI=1S/C20H20BrN7O4.C11H12BrN7O3.C8H5NO2.C2H3N/c1-11-25-18-16(19(30)26-11)23-10-28(18)20-17(15(21)13(31-20)9-24-27-22)32-14(29)8-7-12-5-3-2-4-6-12;1-4-16-9-7(10(21)17-4)14-3-19(9)11-8(20)6(12)5(22-11)2-15-18-13;10-6-9-8(11)7-4-2-1-3-5-7;1-2-3/h2-6,10,13,15,17,20H,7-9H2,1H3,(H,25,26,30);3,5-6,8,11,20H,2H2,1H3,(H,16,17,21);1-5H;1H3/t13-,15?,17+,20-;5-,6?,8+,11-;;/m11../s1. The smallest absolute Gasteiger partial charge is 0.306 e. The fraction of sp³-hybridized carbons (Fsp3) is 0.366. The third-order valence-electron chi connectivity index (χ3n) is 9.75. The average molecular weight is 1060 g/mol. The number of H-pyrrole nitrogens is 2. The maximum absolute atomic E-state index is 12.6. The highest BCUT2D eigenvalue weighted by atomic mass is 79.9. The summed E-state index contributed by atoms with van der Waals surface area (Å²) in [5.74, 6) is -0.0965. The third kappa shape index (κ3) is 12.9. The molecule has 1 amide bonds. The van der Waals surface area contributed by atoms with Crippen molar-refractivity contribution in [2.45, 2.75) is 80.1 Å². The highest BCUT2D eigenvalue weighted by Gasteiger charge is 2.47. The number of aliphatic imine (C=N–C) groups is 1. The van der Waals surface area contributed by atoms with E-state index in [1.165, 1.54) is 30.2 Å². The number of alkyl halides is 2. The summed E-state index contributed by atoms with van der Waals surface area (Å²) >= 11 is 6.88. The third-order valence-corrected chi connectivity index (χ3v) is 12.0. The van der Waals surface area contributed by atoms with E-state index in [1.807, 2.05) is 30.3 Å². The molecule has 0 radical (unpaired) electrons. The minimum Gasteiger partial charge on any atom is -0.456 e. The molecule has 68 heavy (non-hydrogen) atoms. The van der Waals surface area contributed by atoms with Crippen LogP contribution in [0.4, 0.5) is 0 Å². The molecular formula is C41H40Br2N16O9. The summed E-state index contributed by atoms with van der Waals surface area (Å²) < 4.78 is 20.7. The van der Waals surface area contributed by atoms with Crippen molar-refractivity contribution in [3.05, 3.63) is 138 Å². The minimum absolute atomic E-state index is 0.0423. The lowest BCUT2D eigenvalue weighted by molar-refractivity contribution is -0.154. The molecular weight excluding hydrogens is 1020 g/mol. The van der Waals surface area contributed by atoms with Gasteiger partial charge in [-0.15, -0.1) is 4.99 Å². The number of carbonyl (C=O) groups is 2. The molecule has 2 unspecified atom stereocenters. The van der Waals surface area contributed by atoms with Crippen LogP contribution in [0, 0.1) is 25.2 Å². The first-order valence-corrected chi connectivity index (χ1v) is 22.0. The Bertz CT molecular complexity index is 3010. The summed E-state index contributed by atoms with van der Waals surface area (Å²) in [6.45, 7) is 4.87. The zero-order valence-corrected chi connectivity index (χ0v) is 39.3. The number of aryl methyl sites for hydroxylation is 3. The molecule has 2 fully saturated rings. The first-order valence-electron chi connectivity index (χ1n) is 20.1. The van der Waals surface area contributed by atoms with Crippen molar-refractivity contribution in [3.63, 3.8) is 0 Å². The monoisotopic (exact) mass is 1060 g/mol. The first kappa shape index (κ1) is 51.6. The number of benzene rings is 2. The quantitative estimate of drug-likeness (QED) is 0.0278. The van der Waals surface area contributed by atoms with Crippen molar-refractivity contribution in [1.29, 1.82) is 5.26 Å². The molecule has 8 rings (SSSR count). The van der Waals surface area contributed by atoms with Crippen LogP contribution in [-0.4, -0.2) is 109 Å². The van der Waals surface area contributed by atoms with E-state index < -0.39 is 58.4 Å². The molecule has 3 N–H and O–H groups in total. The summed E-state index contributed by atoms with van der Waals surface area (Å²) in [6, 6.07) is 19.7. The van der Waals surface area contributed by atoms with Gasteiger partial charge >= 0.3 is 5.97 Å². The number of aliphatic hydroxyl groups excluding tert-OH is 1. The molecule has 6 aromatic rings. The number of isocyanates is 1. The normalized spacial score (nSPS) is 21.1. The number of halogens is 2. The number of aliphatic hydroxyl groups is 1. The van der Waals surface area contributed by atoms with Gasteiger partial charge in [-0.3, -0.25) is 28.3 Å². The van der Waals surface area contributed by atoms with E-state index in [4.69, 9.17) is 30.5 Å². The number of fused-ring (bicyclic) bond motifs is 2. The molecule has 8 atom stereocenters. The van der Waals surface area contributed by atoms with E-state index >= 15 is 0 Å². The van der Waals surface area contributed by atoms with Gasteiger partial charge in [0.05, 0.1) is 53.7 Å². The van der Waals surface area contributed by atoms with Gasteiger partial charge in [0.25, 0.3) is 17.0 Å². The van der Waals surface area contributed by atoms with Crippen molar-refractivity contribution in [3.8, 4) is 6.07 Å². The zero-order chi connectivity index (χ0) is 49.3. The largest absolute Gasteiger partial charge is 0.456 e. The Morgan fingerprint density at radius 2 is 1.34 bits per heavy atom. The summed E-state index contributed by atoms with van der Waals surface area (Å²) in [5.41, 5.74) is 18.7. The molecule has 2 aliphatic rings. The van der Waals surface area contributed by atoms with Gasteiger partial charge in [0.1, 0.15) is 17.8 Å². The van der Waals surface area contributed by atoms with E-state index in [9.17, 15) is 29.1 Å². The highest BCUT2D eigenvalue weighted by molar-refractivity contribution is 9.09. The number of nitrogens with zero attached hydrogens (tertiary/aromatic N) is 14. The maximum Gasteiger partial charge on any atom is 0.306 e. The number of nitrogens with one attached hydrogen (secondary N) is 2. The lowest BCUT2D eigenvalue weighted by atomic mass is 10.1. The van der Waals surface area contributed by atoms with Crippen LogP contribution in [0.15, 0.2) is 98.1 Å². The highest BCUT2D eigenvalue weighted by Crippen LogP contribution is 2.38. The summed E-state index contributed by atoms with van der Waals surface area (Å²) in [5, 5.41) is 24.7. The SMILES string of the molecule is CC#N.Cc1nc2c(ncn2[C@@H]2O[C@H](CN=[N+]=[N-])C(Br)[C@@H]2O)c(=O)[nH]1.Cc1nc2c(ncn2[C@@H]2O[C@H](CN=[N+]=[N-])C(Br)[C@@H]2OC(=O)CCc2ccccc2)c(=O)[nH]1.O=C=NC(=O)c1ccccc1. The lowest BCUT2D eigenvalue weighted by Gasteiger charge is -2.22. The van der Waals surface area contributed by atoms with E-state index in [-0.39, 0.29) is 41.7 Å². The van der Waals surface area contributed by atoms with Crippen LogP contribution < -0.4 is 11.1 Å². The van der Waals surface area contributed by atoms with Gasteiger partial charge in [0.2, 0.25) is 6.08 Å². The fourth-order valence-electron chi connectivity index (χ4n) is 6.74. The lowest BCUT2D eigenvalue weighted by Crippen LogP contribution is -2.33. The van der Waals surface area contributed by atoms with E-state index in [2.05, 4.69) is 86.8 Å². The molecule has 6 heterocycles. The van der Waals surface area contributed by atoms with Gasteiger partial charge in [-0.1, -0.05) is 90.6 Å². The Kier molecular flexibility index (Phi) is 18.9. The predicted octanol–water partition coefficient (Wildman–Crippen LogP) is 5.40. The number of carbonyl (C=O) groups excluding carboxylic acids is 3. The molecule has 2 saturated heterocycles. The van der Waals surface area contributed by atoms with Gasteiger partial charge in [-0.05, 0) is 49.0 Å². The topological polar surface area (TPSA) is 360 Å². The van der Waals surface area contributed by atoms with Crippen molar-refractivity contribution >= 4 is 72.1 Å². The number of rotatable bonds is 11. The number of azide groups is 2. The molecule has 27 heteroatoms. The Balaban J connectivity index is 0.000000206. The molecule has 352 valence electrons. The van der Waals surface area contributed by atoms with Crippen molar-refractivity contribution < 1.29 is 33.7 Å². The van der Waals surface area contributed by atoms with Crippen LogP contribution in [0.2, 0.25) is 0 Å². The molecule has 0 saturated carbocycles. The van der Waals surface area contributed by atoms with Gasteiger partial charge in [0.15, 0.2) is 40.9 Å². The van der Waals surface area contributed by atoms with Crippen LogP contribution >= 0.6 is 31.9 Å². The molecule has 25 nitrogen and oxygen atoms in total. The Hall–Kier alpha value is -7.39. The summed E-state index contributed by atoms with van der Waals surface area (Å²) in [4.78, 5) is 86.7. The molecule has 0 bridgehead atoms. The van der Waals surface area contributed by atoms with Crippen molar-refractivity contribution in [2.24, 2.45) is 15.2 Å².